The SMILES string of the molecule is C=C[C@H](O[Si](c1ccccc1)(c1ccccc1)C(C)(C)C)[C@@H]1CCC(C)=C([C@H](C#C[C@H](C[C@@H]2OC(C)(C)OCC2=C)OC(C)=O)OC(C)=O)C1(C)C. The Hall–Kier alpha value is -3.74. The molecule has 0 spiro atoms. The predicted octanol–water partition coefficient (Wildman–Crippen LogP) is 7.83. The minimum absolute atomic E-state index is 0.0179. The van der Waals surface area contributed by atoms with Crippen molar-refractivity contribution < 1.29 is 33.0 Å². The summed E-state index contributed by atoms with van der Waals surface area (Å²) in [7, 11) is -2.93. The summed E-state index contributed by atoms with van der Waals surface area (Å²) in [4.78, 5) is 24.9. The highest BCUT2D eigenvalue weighted by Gasteiger charge is 2.54. The van der Waals surface area contributed by atoms with Gasteiger partial charge in [-0.05, 0) is 71.5 Å². The molecule has 8 heteroatoms. The van der Waals surface area contributed by atoms with E-state index in [0.29, 0.717) is 6.61 Å². The summed E-state index contributed by atoms with van der Waals surface area (Å²) in [6.45, 7) is 28.5. The fourth-order valence-corrected chi connectivity index (χ4v) is 12.7. The Morgan fingerprint density at radius 1 is 0.962 bits per heavy atom. The highest BCUT2D eigenvalue weighted by molar-refractivity contribution is 6.99. The quantitative estimate of drug-likeness (QED) is 0.101. The maximum Gasteiger partial charge on any atom is 0.304 e. The summed E-state index contributed by atoms with van der Waals surface area (Å²) in [5, 5.41) is 2.16. The van der Waals surface area contributed by atoms with E-state index < -0.39 is 49.8 Å². The molecule has 1 saturated heterocycles. The van der Waals surface area contributed by atoms with Crippen molar-refractivity contribution in [3.8, 4) is 11.8 Å². The minimum atomic E-state index is -2.93. The molecular weight excluding hydrogens is 669 g/mol. The van der Waals surface area contributed by atoms with E-state index in [-0.39, 0.29) is 23.5 Å². The molecule has 4 rings (SSSR count). The summed E-state index contributed by atoms with van der Waals surface area (Å²) in [5.41, 5.74) is 2.25. The van der Waals surface area contributed by atoms with Crippen LogP contribution in [0.4, 0.5) is 0 Å². The molecule has 0 radical (unpaired) electrons. The monoisotopic (exact) mass is 726 g/mol. The van der Waals surface area contributed by atoms with Gasteiger partial charge in [-0.2, -0.15) is 0 Å². The first-order chi connectivity index (χ1) is 24.3. The van der Waals surface area contributed by atoms with Crippen molar-refractivity contribution in [2.75, 3.05) is 6.61 Å². The van der Waals surface area contributed by atoms with Crippen LogP contribution in [0.1, 0.15) is 88.5 Å². The zero-order chi connectivity index (χ0) is 38.5. The molecule has 52 heavy (non-hydrogen) atoms. The molecule has 0 bridgehead atoms. The van der Waals surface area contributed by atoms with E-state index in [9.17, 15) is 9.59 Å². The molecule has 1 aliphatic carbocycles. The molecule has 0 unspecified atom stereocenters. The van der Waals surface area contributed by atoms with Gasteiger partial charge in [0.15, 0.2) is 18.0 Å². The third-order valence-electron chi connectivity index (χ3n) is 10.4. The fraction of sp³-hybridized carbons (Fsp3) is 0.500. The molecule has 5 atom stereocenters. The number of benzene rings is 2. The van der Waals surface area contributed by atoms with Crippen molar-refractivity contribution in [1.82, 2.24) is 0 Å². The predicted molar refractivity (Wildman–Crippen MR) is 209 cm³/mol. The van der Waals surface area contributed by atoms with E-state index in [1.54, 1.807) is 0 Å². The molecule has 1 heterocycles. The Balaban J connectivity index is 1.76. The summed E-state index contributed by atoms with van der Waals surface area (Å²) in [5.74, 6) is 4.64. The van der Waals surface area contributed by atoms with Crippen LogP contribution in [0.5, 0.6) is 0 Å². The van der Waals surface area contributed by atoms with E-state index in [0.717, 1.165) is 29.6 Å². The maximum absolute atomic E-state index is 12.7. The van der Waals surface area contributed by atoms with Crippen LogP contribution in [0.2, 0.25) is 5.04 Å². The first-order valence-electron chi connectivity index (χ1n) is 18.3. The topological polar surface area (TPSA) is 80.3 Å². The van der Waals surface area contributed by atoms with E-state index in [1.165, 1.54) is 24.2 Å². The first kappa shape index (κ1) is 41.0. The molecule has 280 valence electrons. The van der Waals surface area contributed by atoms with E-state index in [1.807, 2.05) is 32.1 Å². The number of ether oxygens (including phenoxy) is 4. The van der Waals surface area contributed by atoms with Crippen molar-refractivity contribution in [3.05, 3.63) is 96.6 Å². The minimum Gasteiger partial charge on any atom is -0.449 e. The summed E-state index contributed by atoms with van der Waals surface area (Å²) >= 11 is 0. The zero-order valence-corrected chi connectivity index (χ0v) is 33.8. The highest BCUT2D eigenvalue weighted by Crippen LogP contribution is 2.50. The van der Waals surface area contributed by atoms with Crippen molar-refractivity contribution >= 4 is 30.6 Å². The van der Waals surface area contributed by atoms with E-state index >= 15 is 0 Å². The van der Waals surface area contributed by atoms with Crippen LogP contribution >= 0.6 is 0 Å². The molecule has 0 saturated carbocycles. The molecule has 2 aromatic carbocycles. The van der Waals surface area contributed by atoms with Gasteiger partial charge < -0.3 is 23.4 Å². The molecule has 0 aromatic heterocycles. The highest BCUT2D eigenvalue weighted by atomic mass is 28.4. The van der Waals surface area contributed by atoms with Crippen LogP contribution in [-0.4, -0.2) is 57.1 Å². The largest absolute Gasteiger partial charge is 0.449 e. The van der Waals surface area contributed by atoms with Crippen LogP contribution in [0.25, 0.3) is 0 Å². The van der Waals surface area contributed by atoms with Crippen LogP contribution in [0.15, 0.2) is 96.6 Å². The molecular formula is C44H58O7Si. The third-order valence-corrected chi connectivity index (χ3v) is 15.4. The summed E-state index contributed by atoms with van der Waals surface area (Å²) in [6, 6.07) is 21.2. The van der Waals surface area contributed by atoms with Crippen molar-refractivity contribution in [2.24, 2.45) is 11.3 Å². The first-order valence-corrected chi connectivity index (χ1v) is 20.2. The number of allylic oxidation sites excluding steroid dienone is 1. The summed E-state index contributed by atoms with van der Waals surface area (Å²) < 4.78 is 31.2. The Morgan fingerprint density at radius 2 is 1.52 bits per heavy atom. The van der Waals surface area contributed by atoms with Crippen LogP contribution in [0, 0.1) is 23.2 Å². The van der Waals surface area contributed by atoms with Crippen LogP contribution in [-0.2, 0) is 33.0 Å². The standard InChI is InChI=1S/C44H58O7Si/c1-13-38(51-52(42(6,7)8,35-20-16-14-17-21-35)36-22-18-15-19-23-36)37-26-24-30(2)41(43(37,9)10)39(49-33(5)46)27-25-34(48-32(4)45)28-40-31(3)29-47-44(11,12)50-40/h13-23,34,37-40H,1,3,24,26,28-29H2,2,4-12H3/t34-,37+,38+,39+,40+/m1/s1. The molecule has 0 amide bonds. The van der Waals surface area contributed by atoms with Gasteiger partial charge in [0, 0.05) is 20.3 Å². The number of hydrogen-bond acceptors (Lipinski definition) is 7. The van der Waals surface area contributed by atoms with Crippen LogP contribution < -0.4 is 10.4 Å². The average Bonchev–Trinajstić information content (AvgIpc) is 3.05. The lowest BCUT2D eigenvalue weighted by Crippen LogP contribution is -2.68. The smallest absolute Gasteiger partial charge is 0.304 e. The van der Waals surface area contributed by atoms with Gasteiger partial charge in [-0.1, -0.05) is 125 Å². The van der Waals surface area contributed by atoms with Gasteiger partial charge in [0.1, 0.15) is 0 Å². The molecule has 1 fully saturated rings. The lowest BCUT2D eigenvalue weighted by atomic mass is 9.62. The Morgan fingerprint density at radius 3 is 2.02 bits per heavy atom. The number of carbonyl (C=O) groups is 2. The zero-order valence-electron chi connectivity index (χ0n) is 32.8. The summed E-state index contributed by atoms with van der Waals surface area (Å²) in [6.07, 6.45) is 1.38. The second kappa shape index (κ2) is 16.5. The van der Waals surface area contributed by atoms with Gasteiger partial charge in [-0.15, -0.1) is 6.58 Å². The van der Waals surface area contributed by atoms with Crippen molar-refractivity contribution in [3.63, 3.8) is 0 Å². The number of rotatable bonds is 11. The van der Waals surface area contributed by atoms with Gasteiger partial charge in [-0.3, -0.25) is 9.59 Å². The molecule has 0 N–H and O–H groups in total. The van der Waals surface area contributed by atoms with Crippen LogP contribution in [0.3, 0.4) is 0 Å². The van der Waals surface area contributed by atoms with Gasteiger partial charge >= 0.3 is 11.9 Å². The maximum atomic E-state index is 12.7. The lowest BCUT2D eigenvalue weighted by molar-refractivity contribution is -0.254. The van der Waals surface area contributed by atoms with Gasteiger partial charge in [0.05, 0.1) is 18.8 Å². The normalized spacial score (nSPS) is 21.9. The number of esters is 2. The lowest BCUT2D eigenvalue weighted by Gasteiger charge is -2.50. The molecule has 2 aliphatic rings. The van der Waals surface area contributed by atoms with Gasteiger partial charge in [0.25, 0.3) is 8.32 Å². The Kier molecular flexibility index (Phi) is 13.0. The van der Waals surface area contributed by atoms with Gasteiger partial charge in [-0.25, -0.2) is 0 Å². The molecule has 2 aromatic rings. The average molecular weight is 727 g/mol. The Labute approximate surface area is 312 Å². The van der Waals surface area contributed by atoms with E-state index in [2.05, 4.69) is 115 Å². The van der Waals surface area contributed by atoms with Crippen molar-refractivity contribution in [2.45, 2.75) is 124 Å². The number of carbonyl (C=O) groups excluding carboxylic acids is 2. The molecule has 1 aliphatic heterocycles. The number of hydrogen-bond donors (Lipinski definition) is 0. The fourth-order valence-electron chi connectivity index (χ4n) is 8.00. The Bertz CT molecular complexity index is 1650. The second-order valence-electron chi connectivity index (χ2n) is 16.1. The second-order valence-corrected chi connectivity index (χ2v) is 20.4. The van der Waals surface area contributed by atoms with Gasteiger partial charge in [0.2, 0.25) is 0 Å². The molecule has 7 nitrogen and oxygen atoms in total. The van der Waals surface area contributed by atoms with E-state index in [4.69, 9.17) is 23.4 Å². The van der Waals surface area contributed by atoms with Crippen molar-refractivity contribution in [1.29, 1.82) is 0 Å². The third kappa shape index (κ3) is 9.24.